The van der Waals surface area contributed by atoms with Crippen molar-refractivity contribution in [3.63, 3.8) is 0 Å². The summed E-state index contributed by atoms with van der Waals surface area (Å²) in [6.45, 7) is 2.17. The Kier molecular flexibility index (Phi) is 5.88. The number of nitrogens with one attached hydrogen (secondary N) is 1. The molecule has 5 rings (SSSR count). The lowest BCUT2D eigenvalue weighted by Crippen LogP contribution is -2.41. The van der Waals surface area contributed by atoms with Gasteiger partial charge in [-0.15, -0.1) is 21.5 Å². The zero-order valence-electron chi connectivity index (χ0n) is 16.6. The molecule has 0 aliphatic carbocycles. The Morgan fingerprint density at radius 2 is 1.84 bits per heavy atom. The van der Waals surface area contributed by atoms with Crippen LogP contribution in [0.4, 0.5) is 11.6 Å². The number of halogens is 2. The number of hydrogen-bond donors (Lipinski definition) is 1. The van der Waals surface area contributed by atoms with Gasteiger partial charge in [0, 0.05) is 24.8 Å². The number of nitrogens with zero attached hydrogens (tertiary/aromatic N) is 5. The SMILES string of the molecule is O=C(c1ccc(Nc2nccc3nc(-c4c(Cl)cccc4Cl)sc23)nn1)N1CCOCC1. The number of aromatic nitrogens is 4. The second-order valence-electron chi connectivity index (χ2n) is 6.96. The monoisotopic (exact) mass is 486 g/mol. The van der Waals surface area contributed by atoms with E-state index in [-0.39, 0.29) is 11.6 Å². The first-order valence-corrected chi connectivity index (χ1v) is 11.3. The smallest absolute Gasteiger partial charge is 0.274 e. The summed E-state index contributed by atoms with van der Waals surface area (Å²) in [7, 11) is 0. The predicted octanol–water partition coefficient (Wildman–Crippen LogP) is 4.67. The van der Waals surface area contributed by atoms with Gasteiger partial charge in [-0.05, 0) is 30.3 Å². The fourth-order valence-electron chi connectivity index (χ4n) is 3.32. The molecule has 8 nitrogen and oxygen atoms in total. The molecule has 1 saturated heterocycles. The number of rotatable bonds is 4. The minimum atomic E-state index is -0.156. The van der Waals surface area contributed by atoms with Gasteiger partial charge in [-0.25, -0.2) is 9.97 Å². The number of amides is 1. The van der Waals surface area contributed by atoms with Gasteiger partial charge in [0.25, 0.3) is 5.91 Å². The largest absolute Gasteiger partial charge is 0.378 e. The Morgan fingerprint density at radius 1 is 1.06 bits per heavy atom. The average molecular weight is 487 g/mol. The van der Waals surface area contributed by atoms with Crippen LogP contribution < -0.4 is 5.32 Å². The second-order valence-corrected chi connectivity index (χ2v) is 8.77. The van der Waals surface area contributed by atoms with E-state index in [0.29, 0.717) is 58.6 Å². The van der Waals surface area contributed by atoms with Crippen molar-refractivity contribution in [1.82, 2.24) is 25.1 Å². The zero-order chi connectivity index (χ0) is 22.1. The number of fused-ring (bicyclic) bond motifs is 1. The highest BCUT2D eigenvalue weighted by molar-refractivity contribution is 7.22. The Bertz CT molecular complexity index is 1270. The number of ether oxygens (including phenoxy) is 1. The Labute approximate surface area is 197 Å². The molecule has 1 aromatic carbocycles. The summed E-state index contributed by atoms with van der Waals surface area (Å²) in [6, 6.07) is 10.5. The number of morpholine rings is 1. The first-order valence-electron chi connectivity index (χ1n) is 9.78. The van der Waals surface area contributed by atoms with E-state index >= 15 is 0 Å². The van der Waals surface area contributed by atoms with E-state index in [2.05, 4.69) is 25.5 Å². The number of hydrogen-bond acceptors (Lipinski definition) is 8. The molecule has 162 valence electrons. The molecule has 0 saturated carbocycles. The highest BCUT2D eigenvalue weighted by Gasteiger charge is 2.20. The van der Waals surface area contributed by atoms with E-state index in [1.807, 2.05) is 6.07 Å². The van der Waals surface area contributed by atoms with Crippen molar-refractivity contribution in [3.8, 4) is 10.6 Å². The van der Waals surface area contributed by atoms with Crippen LogP contribution in [-0.4, -0.2) is 57.3 Å². The summed E-state index contributed by atoms with van der Waals surface area (Å²) in [6.07, 6.45) is 1.66. The summed E-state index contributed by atoms with van der Waals surface area (Å²) in [5, 5.41) is 13.2. The zero-order valence-corrected chi connectivity index (χ0v) is 18.9. The summed E-state index contributed by atoms with van der Waals surface area (Å²) >= 11 is 14.1. The van der Waals surface area contributed by atoms with Crippen LogP contribution in [0, 0.1) is 0 Å². The lowest BCUT2D eigenvalue weighted by molar-refractivity contribution is 0.0298. The van der Waals surface area contributed by atoms with E-state index in [0.717, 1.165) is 10.2 Å². The molecule has 4 aromatic rings. The average Bonchev–Trinajstić information content (AvgIpc) is 3.24. The van der Waals surface area contributed by atoms with Gasteiger partial charge < -0.3 is 15.0 Å². The van der Waals surface area contributed by atoms with Crippen LogP contribution >= 0.6 is 34.5 Å². The molecule has 11 heteroatoms. The van der Waals surface area contributed by atoms with Crippen LogP contribution in [0.1, 0.15) is 10.5 Å². The number of thiazole rings is 1. The van der Waals surface area contributed by atoms with Crippen LogP contribution in [0.25, 0.3) is 20.8 Å². The summed E-state index contributed by atoms with van der Waals surface area (Å²) in [5.74, 6) is 0.890. The van der Waals surface area contributed by atoms with E-state index in [1.165, 1.54) is 11.3 Å². The molecule has 1 fully saturated rings. The van der Waals surface area contributed by atoms with E-state index < -0.39 is 0 Å². The van der Waals surface area contributed by atoms with Crippen molar-refractivity contribution in [2.75, 3.05) is 31.6 Å². The maximum Gasteiger partial charge on any atom is 0.274 e. The molecule has 32 heavy (non-hydrogen) atoms. The van der Waals surface area contributed by atoms with Gasteiger partial charge in [-0.1, -0.05) is 29.3 Å². The van der Waals surface area contributed by atoms with Crippen LogP contribution in [0.15, 0.2) is 42.6 Å². The van der Waals surface area contributed by atoms with Gasteiger partial charge in [-0.3, -0.25) is 4.79 Å². The van der Waals surface area contributed by atoms with Crippen molar-refractivity contribution in [2.45, 2.75) is 0 Å². The van der Waals surface area contributed by atoms with Gasteiger partial charge in [-0.2, -0.15) is 0 Å². The third-order valence-corrected chi connectivity index (χ3v) is 6.63. The van der Waals surface area contributed by atoms with Crippen LogP contribution in [-0.2, 0) is 4.74 Å². The fraction of sp³-hybridized carbons (Fsp3) is 0.190. The summed E-state index contributed by atoms with van der Waals surface area (Å²) in [5.41, 5.74) is 1.73. The number of benzene rings is 1. The third kappa shape index (κ3) is 4.12. The summed E-state index contributed by atoms with van der Waals surface area (Å²) < 4.78 is 6.11. The molecule has 0 atom stereocenters. The van der Waals surface area contributed by atoms with Crippen molar-refractivity contribution in [2.24, 2.45) is 0 Å². The highest BCUT2D eigenvalue weighted by Crippen LogP contribution is 2.40. The van der Waals surface area contributed by atoms with E-state index in [1.54, 1.807) is 41.4 Å². The highest BCUT2D eigenvalue weighted by atomic mass is 35.5. The number of carbonyl (C=O) groups excluding carboxylic acids is 1. The van der Waals surface area contributed by atoms with Crippen LogP contribution in [0.3, 0.4) is 0 Å². The standard InChI is InChI=1S/C21H16Cl2N6O2S/c22-12-2-1-3-13(23)17(12)20-25-14-6-7-24-19(18(14)32-20)26-16-5-4-15(27-28-16)21(30)29-8-10-31-11-9-29/h1-7H,8-11H2,(H,24,26,28). The molecule has 1 aliphatic heterocycles. The van der Waals surface area contributed by atoms with Crippen LogP contribution in [0.2, 0.25) is 10.0 Å². The van der Waals surface area contributed by atoms with Crippen molar-refractivity contribution >= 4 is 62.3 Å². The van der Waals surface area contributed by atoms with Gasteiger partial charge in [0.1, 0.15) is 5.01 Å². The predicted molar refractivity (Wildman–Crippen MR) is 125 cm³/mol. The maximum atomic E-state index is 12.5. The Balaban J connectivity index is 1.41. The van der Waals surface area contributed by atoms with Gasteiger partial charge in [0.15, 0.2) is 17.3 Å². The van der Waals surface area contributed by atoms with E-state index in [9.17, 15) is 4.79 Å². The van der Waals surface area contributed by atoms with Crippen molar-refractivity contribution in [3.05, 3.63) is 58.3 Å². The molecule has 1 aliphatic rings. The Hall–Kier alpha value is -2.85. The van der Waals surface area contributed by atoms with Crippen molar-refractivity contribution in [1.29, 1.82) is 0 Å². The molecular formula is C21H16Cl2N6O2S. The molecule has 1 amide bonds. The molecule has 3 aromatic heterocycles. The lowest BCUT2D eigenvalue weighted by Gasteiger charge is -2.26. The molecule has 0 bridgehead atoms. The van der Waals surface area contributed by atoms with E-state index in [4.69, 9.17) is 27.9 Å². The van der Waals surface area contributed by atoms with Gasteiger partial charge in [0.2, 0.25) is 0 Å². The molecule has 0 radical (unpaired) electrons. The first kappa shape index (κ1) is 21.0. The Morgan fingerprint density at radius 3 is 2.56 bits per heavy atom. The molecule has 0 spiro atoms. The normalized spacial score (nSPS) is 14.0. The minimum Gasteiger partial charge on any atom is -0.378 e. The minimum absolute atomic E-state index is 0.156. The topological polar surface area (TPSA) is 93.1 Å². The van der Waals surface area contributed by atoms with Gasteiger partial charge >= 0.3 is 0 Å². The lowest BCUT2D eigenvalue weighted by atomic mass is 10.2. The molecule has 1 N–H and O–H groups in total. The number of anilines is 2. The quantitative estimate of drug-likeness (QED) is 0.447. The molecule has 4 heterocycles. The first-order chi connectivity index (χ1) is 15.6. The number of carbonyl (C=O) groups is 1. The summed E-state index contributed by atoms with van der Waals surface area (Å²) in [4.78, 5) is 23.3. The maximum absolute atomic E-state index is 12.5. The second kappa shape index (κ2) is 8.95. The fourth-order valence-corrected chi connectivity index (χ4v) is 5.08. The number of pyridine rings is 1. The molecule has 0 unspecified atom stereocenters. The molecular weight excluding hydrogens is 471 g/mol. The van der Waals surface area contributed by atoms with Crippen molar-refractivity contribution < 1.29 is 9.53 Å². The third-order valence-electron chi connectivity index (χ3n) is 4.91. The van der Waals surface area contributed by atoms with Crippen LogP contribution in [0.5, 0.6) is 0 Å². The van der Waals surface area contributed by atoms with Gasteiger partial charge in [0.05, 0.1) is 33.5 Å².